The molecule has 0 saturated heterocycles. The Morgan fingerprint density at radius 1 is 1.08 bits per heavy atom. The van der Waals surface area contributed by atoms with Crippen LogP contribution in [0.3, 0.4) is 0 Å². The molecule has 3 rings (SSSR count). The lowest BCUT2D eigenvalue weighted by Gasteiger charge is -2.10. The van der Waals surface area contributed by atoms with Crippen molar-refractivity contribution >= 4 is 28.7 Å². The summed E-state index contributed by atoms with van der Waals surface area (Å²) in [6.45, 7) is 4.84. The van der Waals surface area contributed by atoms with Crippen molar-refractivity contribution in [3.8, 4) is 5.75 Å². The molecule has 0 radical (unpaired) electrons. The van der Waals surface area contributed by atoms with Crippen LogP contribution in [0.25, 0.3) is 0 Å². The van der Waals surface area contributed by atoms with Gasteiger partial charge in [0.05, 0.1) is 25.5 Å². The first-order valence-corrected chi connectivity index (χ1v) is 8.75. The highest BCUT2D eigenvalue weighted by Gasteiger charge is 2.04. The lowest BCUT2D eigenvalue weighted by Crippen LogP contribution is -2.18. The maximum absolute atomic E-state index is 5.39. The Labute approximate surface area is 159 Å². The Balaban J connectivity index is 1.60. The van der Waals surface area contributed by atoms with Gasteiger partial charge in [0.1, 0.15) is 5.75 Å². The summed E-state index contributed by atoms with van der Waals surface area (Å²) >= 11 is 5.39. The number of hydrogen-bond acceptors (Lipinski definition) is 3. The van der Waals surface area contributed by atoms with Gasteiger partial charge in [-0.15, -0.1) is 0 Å². The number of ether oxygens (including phenoxy) is 1. The smallest absolute Gasteiger partial charge is 0.175 e. The number of rotatable bonds is 5. The van der Waals surface area contributed by atoms with E-state index in [9.17, 15) is 0 Å². The number of nitrogens with one attached hydrogen (secondary N) is 2. The minimum Gasteiger partial charge on any atom is -0.497 e. The predicted octanol–water partition coefficient (Wildman–Crippen LogP) is 4.37. The SMILES string of the molecule is COc1cccc(Cn2cc(NC(=S)Nc3ccc(C)c(C)c3)cn2)c1. The van der Waals surface area contributed by atoms with E-state index in [0.717, 1.165) is 22.7 Å². The van der Waals surface area contributed by atoms with Crippen LogP contribution >= 0.6 is 12.2 Å². The van der Waals surface area contributed by atoms with Crippen molar-refractivity contribution in [3.05, 3.63) is 71.5 Å². The Morgan fingerprint density at radius 2 is 1.88 bits per heavy atom. The maximum atomic E-state index is 5.39. The highest BCUT2D eigenvalue weighted by molar-refractivity contribution is 7.80. The number of anilines is 2. The molecule has 0 amide bonds. The number of nitrogens with zero attached hydrogens (tertiary/aromatic N) is 2. The largest absolute Gasteiger partial charge is 0.497 e. The number of aryl methyl sites for hydroxylation is 2. The van der Waals surface area contributed by atoms with Crippen LogP contribution in [0.2, 0.25) is 0 Å². The summed E-state index contributed by atoms with van der Waals surface area (Å²) in [6, 6.07) is 14.1. The van der Waals surface area contributed by atoms with E-state index in [2.05, 4.69) is 41.7 Å². The minimum absolute atomic E-state index is 0.536. The van der Waals surface area contributed by atoms with Crippen LogP contribution < -0.4 is 15.4 Å². The molecule has 134 valence electrons. The molecule has 26 heavy (non-hydrogen) atoms. The van der Waals surface area contributed by atoms with Crippen LogP contribution in [0, 0.1) is 13.8 Å². The van der Waals surface area contributed by atoms with Crippen LogP contribution in [-0.2, 0) is 6.54 Å². The summed E-state index contributed by atoms with van der Waals surface area (Å²) in [4.78, 5) is 0. The average molecular weight is 366 g/mol. The van der Waals surface area contributed by atoms with E-state index in [1.54, 1.807) is 13.3 Å². The van der Waals surface area contributed by atoms with Gasteiger partial charge in [0, 0.05) is 11.9 Å². The van der Waals surface area contributed by atoms with Gasteiger partial charge in [-0.05, 0) is 67.0 Å². The van der Waals surface area contributed by atoms with Gasteiger partial charge in [0.25, 0.3) is 0 Å². The molecule has 2 aromatic carbocycles. The van der Waals surface area contributed by atoms with Crippen molar-refractivity contribution in [2.24, 2.45) is 0 Å². The fourth-order valence-corrected chi connectivity index (χ4v) is 2.82. The number of hydrogen-bond donors (Lipinski definition) is 2. The van der Waals surface area contributed by atoms with Crippen LogP contribution in [0.1, 0.15) is 16.7 Å². The second-order valence-corrected chi connectivity index (χ2v) is 6.56. The fourth-order valence-electron chi connectivity index (χ4n) is 2.59. The third-order valence-corrected chi connectivity index (χ3v) is 4.34. The van der Waals surface area contributed by atoms with Crippen LogP contribution in [0.15, 0.2) is 54.9 Å². The normalized spacial score (nSPS) is 10.4. The monoisotopic (exact) mass is 366 g/mol. The summed E-state index contributed by atoms with van der Waals surface area (Å²) in [6.07, 6.45) is 3.68. The third kappa shape index (κ3) is 4.61. The molecule has 0 aliphatic heterocycles. The molecule has 0 aliphatic carbocycles. The van der Waals surface area contributed by atoms with Gasteiger partial charge >= 0.3 is 0 Å². The molecule has 2 N–H and O–H groups in total. The molecule has 3 aromatic rings. The summed E-state index contributed by atoms with van der Waals surface area (Å²) < 4.78 is 7.11. The predicted molar refractivity (Wildman–Crippen MR) is 110 cm³/mol. The van der Waals surface area contributed by atoms with Crippen molar-refractivity contribution in [1.82, 2.24) is 9.78 Å². The lowest BCUT2D eigenvalue weighted by atomic mass is 10.1. The lowest BCUT2D eigenvalue weighted by molar-refractivity contribution is 0.414. The number of benzene rings is 2. The molecule has 5 nitrogen and oxygen atoms in total. The van der Waals surface area contributed by atoms with E-state index in [0.29, 0.717) is 11.7 Å². The van der Waals surface area contributed by atoms with Crippen LogP contribution in [-0.4, -0.2) is 22.0 Å². The van der Waals surface area contributed by atoms with Crippen molar-refractivity contribution < 1.29 is 4.74 Å². The van der Waals surface area contributed by atoms with Gasteiger partial charge in [-0.2, -0.15) is 5.10 Å². The van der Waals surface area contributed by atoms with Gasteiger partial charge < -0.3 is 15.4 Å². The van der Waals surface area contributed by atoms with Crippen molar-refractivity contribution in [1.29, 1.82) is 0 Å². The minimum atomic E-state index is 0.536. The van der Waals surface area contributed by atoms with Gasteiger partial charge in [-0.1, -0.05) is 18.2 Å². The summed E-state index contributed by atoms with van der Waals surface area (Å²) in [5, 5.41) is 11.3. The van der Waals surface area contributed by atoms with E-state index in [4.69, 9.17) is 17.0 Å². The molecule has 0 aliphatic rings. The van der Waals surface area contributed by atoms with E-state index in [1.807, 2.05) is 41.2 Å². The van der Waals surface area contributed by atoms with Crippen molar-refractivity contribution in [2.45, 2.75) is 20.4 Å². The molecule has 1 aromatic heterocycles. The molecule has 6 heteroatoms. The maximum Gasteiger partial charge on any atom is 0.175 e. The van der Waals surface area contributed by atoms with Gasteiger partial charge in [0.15, 0.2) is 5.11 Å². The van der Waals surface area contributed by atoms with Crippen LogP contribution in [0.5, 0.6) is 5.75 Å². The zero-order valence-corrected chi connectivity index (χ0v) is 15.9. The topological polar surface area (TPSA) is 51.1 Å². The molecule has 0 unspecified atom stereocenters. The van der Waals surface area contributed by atoms with Crippen molar-refractivity contribution in [3.63, 3.8) is 0 Å². The van der Waals surface area contributed by atoms with Gasteiger partial charge in [-0.3, -0.25) is 4.68 Å². The van der Waals surface area contributed by atoms with E-state index in [1.165, 1.54) is 11.1 Å². The second-order valence-electron chi connectivity index (χ2n) is 6.16. The van der Waals surface area contributed by atoms with Crippen LogP contribution in [0.4, 0.5) is 11.4 Å². The van der Waals surface area contributed by atoms with E-state index >= 15 is 0 Å². The molecule has 0 atom stereocenters. The summed E-state index contributed by atoms with van der Waals surface area (Å²) in [5.41, 5.74) is 5.41. The molecule has 0 bridgehead atoms. The fraction of sp³-hybridized carbons (Fsp3) is 0.200. The Morgan fingerprint density at radius 3 is 2.65 bits per heavy atom. The van der Waals surface area contributed by atoms with Gasteiger partial charge in [-0.25, -0.2) is 0 Å². The standard InChI is InChI=1S/C20H22N4OS/c1-14-7-8-17(9-15(14)2)22-20(26)23-18-11-21-24(13-18)12-16-5-4-6-19(10-16)25-3/h4-11,13H,12H2,1-3H3,(H2,22,23,26). The zero-order valence-electron chi connectivity index (χ0n) is 15.1. The number of methoxy groups -OCH3 is 1. The van der Waals surface area contributed by atoms with Gasteiger partial charge in [0.2, 0.25) is 0 Å². The zero-order chi connectivity index (χ0) is 18.5. The first-order valence-electron chi connectivity index (χ1n) is 8.34. The summed E-state index contributed by atoms with van der Waals surface area (Å²) in [5.74, 6) is 0.840. The van der Waals surface area contributed by atoms with Crippen molar-refractivity contribution in [2.75, 3.05) is 17.7 Å². The number of thiocarbonyl (C=S) groups is 1. The second kappa shape index (κ2) is 8.01. The number of aromatic nitrogens is 2. The molecule has 0 saturated carbocycles. The quantitative estimate of drug-likeness (QED) is 0.657. The first-order chi connectivity index (χ1) is 12.5. The first kappa shape index (κ1) is 17.9. The van der Waals surface area contributed by atoms with E-state index < -0.39 is 0 Å². The molecule has 0 fully saturated rings. The molecule has 0 spiro atoms. The third-order valence-electron chi connectivity index (χ3n) is 4.13. The highest BCUT2D eigenvalue weighted by Crippen LogP contribution is 2.16. The molecule has 1 heterocycles. The molecular weight excluding hydrogens is 344 g/mol. The average Bonchev–Trinajstić information content (AvgIpc) is 3.05. The Bertz CT molecular complexity index is 920. The Kier molecular flexibility index (Phi) is 5.53. The Hall–Kier alpha value is -2.86. The highest BCUT2D eigenvalue weighted by atomic mass is 32.1. The van der Waals surface area contributed by atoms with E-state index in [-0.39, 0.29) is 0 Å². The molecular formula is C20H22N4OS. The summed E-state index contributed by atoms with van der Waals surface area (Å²) in [7, 11) is 1.67.